The number of nitrogens with zero attached hydrogens (tertiary/aromatic N) is 3. The fourth-order valence-corrected chi connectivity index (χ4v) is 3.79. The van der Waals surface area contributed by atoms with E-state index in [1.807, 2.05) is 13.0 Å². The molecule has 4 heterocycles. The number of aromatic amines is 1. The van der Waals surface area contributed by atoms with Crippen molar-refractivity contribution in [3.8, 4) is 11.3 Å². The predicted octanol–water partition coefficient (Wildman–Crippen LogP) is 3.01. The Kier molecular flexibility index (Phi) is 5.25. The van der Waals surface area contributed by atoms with Crippen LogP contribution in [0.5, 0.6) is 0 Å². The van der Waals surface area contributed by atoms with Gasteiger partial charge in [0.15, 0.2) is 0 Å². The van der Waals surface area contributed by atoms with Gasteiger partial charge in [0.25, 0.3) is 11.5 Å². The molecule has 3 aromatic heterocycles. The lowest BCUT2D eigenvalue weighted by atomic mass is 10.1. The van der Waals surface area contributed by atoms with Crippen LogP contribution in [0.2, 0.25) is 5.15 Å². The summed E-state index contributed by atoms with van der Waals surface area (Å²) in [6.45, 7) is 8.09. The van der Waals surface area contributed by atoms with Crippen LogP contribution >= 0.6 is 11.6 Å². The van der Waals surface area contributed by atoms with Crippen molar-refractivity contribution < 1.29 is 9.53 Å². The van der Waals surface area contributed by atoms with Gasteiger partial charge in [-0.25, -0.2) is 4.98 Å². The van der Waals surface area contributed by atoms with E-state index in [-0.39, 0.29) is 16.6 Å². The molecule has 0 aliphatic carbocycles. The van der Waals surface area contributed by atoms with Crippen LogP contribution in [-0.2, 0) is 11.3 Å². The van der Waals surface area contributed by atoms with Crippen molar-refractivity contribution >= 4 is 28.4 Å². The molecule has 0 spiro atoms. The number of hydrogen-bond donors (Lipinski definition) is 1. The Morgan fingerprint density at radius 2 is 2.14 bits per heavy atom. The SMILES string of the molecule is C=CCn1cc(-c2ccc(C(=O)N3CCOCC3)c(Cl)n2)c2cc(C)[nH]c2c1=O. The van der Waals surface area contributed by atoms with Gasteiger partial charge < -0.3 is 19.2 Å². The van der Waals surface area contributed by atoms with E-state index in [4.69, 9.17) is 16.3 Å². The number of aryl methyl sites for hydroxylation is 1. The van der Waals surface area contributed by atoms with Gasteiger partial charge >= 0.3 is 0 Å². The number of ether oxygens (including phenoxy) is 1. The van der Waals surface area contributed by atoms with Crippen molar-refractivity contribution in [2.45, 2.75) is 13.5 Å². The average molecular weight is 413 g/mol. The highest BCUT2D eigenvalue weighted by molar-refractivity contribution is 6.32. The highest BCUT2D eigenvalue weighted by Gasteiger charge is 2.22. The highest BCUT2D eigenvalue weighted by atomic mass is 35.5. The van der Waals surface area contributed by atoms with Crippen molar-refractivity contribution in [1.82, 2.24) is 19.4 Å². The lowest BCUT2D eigenvalue weighted by Gasteiger charge is -2.27. The lowest BCUT2D eigenvalue weighted by Crippen LogP contribution is -2.40. The zero-order valence-electron chi connectivity index (χ0n) is 16.1. The van der Waals surface area contributed by atoms with Crippen molar-refractivity contribution in [3.63, 3.8) is 0 Å². The minimum atomic E-state index is -0.156. The number of aromatic nitrogens is 3. The number of H-pyrrole nitrogens is 1. The van der Waals surface area contributed by atoms with Crippen LogP contribution in [0.25, 0.3) is 22.2 Å². The van der Waals surface area contributed by atoms with Crippen LogP contribution < -0.4 is 5.56 Å². The summed E-state index contributed by atoms with van der Waals surface area (Å²) in [5.74, 6) is -0.156. The molecule has 4 rings (SSSR count). The number of rotatable bonds is 4. The van der Waals surface area contributed by atoms with E-state index in [1.165, 1.54) is 0 Å². The van der Waals surface area contributed by atoms with Crippen molar-refractivity contribution in [2.75, 3.05) is 26.3 Å². The second kappa shape index (κ2) is 7.85. The van der Waals surface area contributed by atoms with Crippen LogP contribution in [0.15, 0.2) is 41.8 Å². The number of halogens is 1. The Hall–Kier alpha value is -2.90. The van der Waals surface area contributed by atoms with E-state index in [9.17, 15) is 9.59 Å². The van der Waals surface area contributed by atoms with Gasteiger partial charge in [-0.05, 0) is 25.1 Å². The molecule has 0 aromatic carbocycles. The Morgan fingerprint density at radius 1 is 1.38 bits per heavy atom. The molecule has 8 heteroatoms. The first-order valence-electron chi connectivity index (χ1n) is 9.37. The van der Waals surface area contributed by atoms with E-state index in [2.05, 4.69) is 16.5 Å². The molecule has 0 radical (unpaired) electrons. The smallest absolute Gasteiger partial charge is 0.275 e. The quantitative estimate of drug-likeness (QED) is 0.527. The number of hydrogen-bond acceptors (Lipinski definition) is 4. The monoisotopic (exact) mass is 412 g/mol. The Labute approximate surface area is 172 Å². The largest absolute Gasteiger partial charge is 0.378 e. The highest BCUT2D eigenvalue weighted by Crippen LogP contribution is 2.28. The molecular formula is C21H21ClN4O3. The summed E-state index contributed by atoms with van der Waals surface area (Å²) < 4.78 is 6.87. The number of carbonyl (C=O) groups is 1. The molecular weight excluding hydrogens is 392 g/mol. The summed E-state index contributed by atoms with van der Waals surface area (Å²) in [5, 5.41) is 0.907. The minimum absolute atomic E-state index is 0.123. The Balaban J connectivity index is 1.79. The van der Waals surface area contributed by atoms with Gasteiger partial charge in [0.2, 0.25) is 0 Å². The molecule has 3 aromatic rings. The van der Waals surface area contributed by atoms with Gasteiger partial charge in [-0.1, -0.05) is 17.7 Å². The summed E-state index contributed by atoms with van der Waals surface area (Å²) in [7, 11) is 0. The first-order valence-corrected chi connectivity index (χ1v) is 9.75. The summed E-state index contributed by atoms with van der Waals surface area (Å²) in [6.07, 6.45) is 3.42. The zero-order valence-corrected chi connectivity index (χ0v) is 16.8. The summed E-state index contributed by atoms with van der Waals surface area (Å²) >= 11 is 6.40. The van der Waals surface area contributed by atoms with Gasteiger partial charge in [-0.3, -0.25) is 9.59 Å². The van der Waals surface area contributed by atoms with E-state index in [1.54, 1.807) is 33.9 Å². The minimum Gasteiger partial charge on any atom is -0.378 e. The van der Waals surface area contributed by atoms with Crippen LogP contribution in [0.3, 0.4) is 0 Å². The van der Waals surface area contributed by atoms with Crippen LogP contribution in [0, 0.1) is 6.92 Å². The molecule has 7 nitrogen and oxygen atoms in total. The molecule has 150 valence electrons. The topological polar surface area (TPSA) is 80.2 Å². The normalized spacial score (nSPS) is 14.3. The molecule has 1 N–H and O–H groups in total. The number of carbonyl (C=O) groups excluding carboxylic acids is 1. The van der Waals surface area contributed by atoms with E-state index < -0.39 is 0 Å². The third kappa shape index (κ3) is 3.59. The number of morpholine rings is 1. The maximum atomic E-state index is 12.8. The van der Waals surface area contributed by atoms with Gasteiger partial charge in [-0.2, -0.15) is 0 Å². The first-order chi connectivity index (χ1) is 14.0. The molecule has 1 saturated heterocycles. The molecule has 1 aliphatic heterocycles. The molecule has 1 aliphatic rings. The number of amides is 1. The van der Waals surface area contributed by atoms with Gasteiger partial charge in [0.05, 0.1) is 24.5 Å². The lowest BCUT2D eigenvalue weighted by molar-refractivity contribution is 0.0302. The predicted molar refractivity (Wildman–Crippen MR) is 112 cm³/mol. The second-order valence-corrected chi connectivity index (χ2v) is 7.33. The zero-order chi connectivity index (χ0) is 20.5. The van der Waals surface area contributed by atoms with Crippen LogP contribution in [-0.4, -0.2) is 51.6 Å². The third-order valence-corrected chi connectivity index (χ3v) is 5.27. The molecule has 29 heavy (non-hydrogen) atoms. The standard InChI is InChI=1S/C21H21ClN4O3/c1-3-6-26-12-16(15-11-13(2)23-18(15)21(26)28)17-5-4-14(19(22)24-17)20(27)25-7-9-29-10-8-25/h3-5,11-12,23H,1,6-10H2,2H3. The van der Waals surface area contributed by atoms with Crippen molar-refractivity contribution in [2.24, 2.45) is 0 Å². The fourth-order valence-electron chi connectivity index (χ4n) is 3.56. The Morgan fingerprint density at radius 3 is 2.83 bits per heavy atom. The van der Waals surface area contributed by atoms with Crippen LogP contribution in [0.1, 0.15) is 16.1 Å². The van der Waals surface area contributed by atoms with Gasteiger partial charge in [0, 0.05) is 42.5 Å². The average Bonchev–Trinajstić information content (AvgIpc) is 3.12. The maximum absolute atomic E-state index is 12.8. The summed E-state index contributed by atoms with van der Waals surface area (Å²) in [6, 6.07) is 5.36. The van der Waals surface area contributed by atoms with Crippen molar-refractivity contribution in [1.29, 1.82) is 0 Å². The van der Waals surface area contributed by atoms with E-state index in [0.29, 0.717) is 49.6 Å². The molecule has 1 fully saturated rings. The maximum Gasteiger partial charge on any atom is 0.275 e. The van der Waals surface area contributed by atoms with Gasteiger partial charge in [0.1, 0.15) is 10.7 Å². The van der Waals surface area contributed by atoms with Gasteiger partial charge in [-0.15, -0.1) is 6.58 Å². The number of nitrogens with one attached hydrogen (secondary N) is 1. The van der Waals surface area contributed by atoms with Crippen molar-refractivity contribution in [3.05, 3.63) is 63.8 Å². The number of allylic oxidation sites excluding steroid dienone is 1. The first kappa shape index (κ1) is 19.4. The van der Waals surface area contributed by atoms with E-state index >= 15 is 0 Å². The molecule has 1 amide bonds. The Bertz CT molecular complexity index is 1160. The molecule has 0 atom stereocenters. The molecule has 0 unspecified atom stereocenters. The summed E-state index contributed by atoms with van der Waals surface area (Å²) in [5.41, 5.74) is 2.97. The molecule has 0 bridgehead atoms. The third-order valence-electron chi connectivity index (χ3n) is 4.98. The van der Waals surface area contributed by atoms with Crippen LogP contribution in [0.4, 0.5) is 0 Å². The second-order valence-electron chi connectivity index (χ2n) is 6.97. The number of pyridine rings is 2. The summed E-state index contributed by atoms with van der Waals surface area (Å²) in [4.78, 5) is 34.7. The number of fused-ring (bicyclic) bond motifs is 1. The molecule has 0 saturated carbocycles. The van der Waals surface area contributed by atoms with E-state index in [0.717, 1.165) is 16.6 Å². The fraction of sp³-hybridized carbons (Fsp3) is 0.286.